The number of rotatable bonds is 5. The topological polar surface area (TPSA) is 76.2 Å². The zero-order valence-corrected chi connectivity index (χ0v) is 16.8. The van der Waals surface area contributed by atoms with Gasteiger partial charge in [0.25, 0.3) is 5.91 Å². The molecule has 2 saturated heterocycles. The van der Waals surface area contributed by atoms with Crippen LogP contribution in [0, 0.1) is 5.92 Å². The molecule has 7 heteroatoms. The third-order valence-electron chi connectivity index (χ3n) is 5.70. The molecule has 0 aromatic heterocycles. The molecule has 2 aromatic carbocycles. The molecule has 0 bridgehead atoms. The van der Waals surface area contributed by atoms with Crippen LogP contribution in [0.3, 0.4) is 0 Å². The van der Waals surface area contributed by atoms with Gasteiger partial charge in [0.05, 0.1) is 31.2 Å². The largest absolute Gasteiger partial charge is 0.469 e. The number of benzene rings is 2. The number of methoxy groups -OCH3 is 1. The Kier molecular flexibility index (Phi) is 5.81. The molecule has 7 nitrogen and oxygen atoms in total. The predicted molar refractivity (Wildman–Crippen MR) is 110 cm³/mol. The van der Waals surface area contributed by atoms with E-state index in [-0.39, 0.29) is 30.1 Å². The van der Waals surface area contributed by atoms with Crippen LogP contribution < -0.4 is 9.64 Å². The average Bonchev–Trinajstić information content (AvgIpc) is 3.08. The zero-order valence-electron chi connectivity index (χ0n) is 16.8. The molecule has 0 unspecified atom stereocenters. The Morgan fingerprint density at radius 1 is 0.933 bits per heavy atom. The van der Waals surface area contributed by atoms with E-state index in [0.717, 1.165) is 0 Å². The van der Waals surface area contributed by atoms with Gasteiger partial charge in [0, 0.05) is 0 Å². The lowest BCUT2D eigenvalue weighted by molar-refractivity contribution is -0.147. The van der Waals surface area contributed by atoms with Crippen LogP contribution in [0.15, 0.2) is 54.6 Å². The minimum atomic E-state index is -0.476. The Morgan fingerprint density at radius 3 is 2.20 bits per heavy atom. The van der Waals surface area contributed by atoms with Crippen molar-refractivity contribution >= 4 is 23.5 Å². The van der Waals surface area contributed by atoms with Gasteiger partial charge in [0.15, 0.2) is 0 Å². The third-order valence-corrected chi connectivity index (χ3v) is 5.70. The number of piperidine rings is 1. The Balaban J connectivity index is 1.41. The van der Waals surface area contributed by atoms with Gasteiger partial charge in [-0.25, -0.2) is 4.90 Å². The Morgan fingerprint density at radius 2 is 1.57 bits per heavy atom. The SMILES string of the molecule is COC(=O)C1CCN([C@H]2CC(=O)N(c3ccc(Oc4ccccc4)cc3)C2=O)CC1. The smallest absolute Gasteiger partial charge is 0.308 e. The van der Waals surface area contributed by atoms with Crippen LogP contribution >= 0.6 is 0 Å². The molecular formula is C23H24N2O5. The molecule has 2 fully saturated rings. The van der Waals surface area contributed by atoms with Crippen molar-refractivity contribution in [1.82, 2.24) is 4.90 Å². The van der Waals surface area contributed by atoms with Crippen LogP contribution in [0.5, 0.6) is 11.5 Å². The van der Waals surface area contributed by atoms with Crippen molar-refractivity contribution in [3.63, 3.8) is 0 Å². The minimum Gasteiger partial charge on any atom is -0.469 e. The minimum absolute atomic E-state index is 0.133. The van der Waals surface area contributed by atoms with Crippen molar-refractivity contribution in [3.8, 4) is 11.5 Å². The zero-order chi connectivity index (χ0) is 21.1. The summed E-state index contributed by atoms with van der Waals surface area (Å²) in [5, 5.41) is 0. The summed E-state index contributed by atoms with van der Waals surface area (Å²) >= 11 is 0. The Hall–Kier alpha value is -3.19. The fourth-order valence-corrected chi connectivity index (χ4v) is 4.07. The van der Waals surface area contributed by atoms with E-state index in [2.05, 4.69) is 0 Å². The van der Waals surface area contributed by atoms with Crippen LogP contribution in [0.1, 0.15) is 19.3 Å². The average molecular weight is 408 g/mol. The second-order valence-electron chi connectivity index (χ2n) is 7.53. The summed E-state index contributed by atoms with van der Waals surface area (Å²) in [6.45, 7) is 1.20. The summed E-state index contributed by atoms with van der Waals surface area (Å²) < 4.78 is 10.6. The molecule has 2 aliphatic rings. The molecule has 0 saturated carbocycles. The monoisotopic (exact) mass is 408 g/mol. The van der Waals surface area contributed by atoms with Gasteiger partial charge < -0.3 is 9.47 Å². The lowest BCUT2D eigenvalue weighted by Gasteiger charge is -2.33. The molecule has 2 aromatic rings. The van der Waals surface area contributed by atoms with E-state index >= 15 is 0 Å². The van der Waals surface area contributed by atoms with Gasteiger partial charge in [-0.3, -0.25) is 19.3 Å². The number of amides is 2. The molecular weight excluding hydrogens is 384 g/mol. The molecule has 0 aliphatic carbocycles. The number of ether oxygens (including phenoxy) is 2. The van der Waals surface area contributed by atoms with Crippen molar-refractivity contribution in [2.24, 2.45) is 5.92 Å². The number of hydrogen-bond donors (Lipinski definition) is 0. The van der Waals surface area contributed by atoms with Crippen molar-refractivity contribution in [2.75, 3.05) is 25.1 Å². The first-order valence-corrected chi connectivity index (χ1v) is 10.1. The number of carbonyl (C=O) groups excluding carboxylic acids is 3. The standard InChI is InChI=1S/C23H24N2O5/c1-29-23(28)16-11-13-24(14-12-16)20-15-21(26)25(22(20)27)17-7-9-19(10-8-17)30-18-5-3-2-4-6-18/h2-10,16,20H,11-15H2,1H3/t20-/m0/s1. The lowest BCUT2D eigenvalue weighted by Crippen LogP contribution is -2.46. The number of hydrogen-bond acceptors (Lipinski definition) is 6. The molecule has 1 atom stereocenters. The lowest BCUT2D eigenvalue weighted by atomic mass is 9.95. The third kappa shape index (κ3) is 4.07. The predicted octanol–water partition coefficient (Wildman–Crippen LogP) is 3.00. The van der Waals surface area contributed by atoms with Crippen molar-refractivity contribution in [3.05, 3.63) is 54.6 Å². The van der Waals surface area contributed by atoms with E-state index in [1.54, 1.807) is 24.3 Å². The van der Waals surface area contributed by atoms with Gasteiger partial charge in [-0.05, 0) is 62.3 Å². The first-order valence-electron chi connectivity index (χ1n) is 10.1. The van der Waals surface area contributed by atoms with E-state index < -0.39 is 6.04 Å². The molecule has 4 rings (SSSR count). The number of carbonyl (C=O) groups is 3. The van der Waals surface area contributed by atoms with Crippen molar-refractivity contribution in [2.45, 2.75) is 25.3 Å². The van der Waals surface area contributed by atoms with E-state index in [1.165, 1.54) is 12.0 Å². The van der Waals surface area contributed by atoms with Crippen LogP contribution in [0.25, 0.3) is 0 Å². The second kappa shape index (κ2) is 8.67. The highest BCUT2D eigenvalue weighted by Gasteiger charge is 2.44. The first kappa shape index (κ1) is 20.1. The van der Waals surface area contributed by atoms with Crippen LogP contribution in [-0.4, -0.2) is 48.9 Å². The molecule has 2 amide bonds. The summed E-state index contributed by atoms with van der Waals surface area (Å²) in [6.07, 6.45) is 1.43. The van der Waals surface area contributed by atoms with Crippen molar-refractivity contribution < 1.29 is 23.9 Å². The molecule has 0 N–H and O–H groups in total. The summed E-state index contributed by atoms with van der Waals surface area (Å²) in [7, 11) is 1.39. The number of esters is 1. The fraction of sp³-hybridized carbons (Fsp3) is 0.348. The quantitative estimate of drug-likeness (QED) is 0.559. The van der Waals surface area contributed by atoms with Gasteiger partial charge in [-0.2, -0.15) is 0 Å². The van der Waals surface area contributed by atoms with Gasteiger partial charge in [0.1, 0.15) is 11.5 Å². The Labute approximate surface area is 175 Å². The number of imide groups is 1. The Bertz CT molecular complexity index is 920. The van der Waals surface area contributed by atoms with Gasteiger partial charge in [-0.1, -0.05) is 18.2 Å². The normalized spacial score (nSPS) is 20.4. The van der Waals surface area contributed by atoms with Crippen LogP contribution in [0.2, 0.25) is 0 Å². The summed E-state index contributed by atoms with van der Waals surface area (Å²) in [5.74, 6) is 0.583. The van der Waals surface area contributed by atoms with Gasteiger partial charge in [-0.15, -0.1) is 0 Å². The second-order valence-corrected chi connectivity index (χ2v) is 7.53. The molecule has 30 heavy (non-hydrogen) atoms. The number of likely N-dealkylation sites (tertiary alicyclic amines) is 1. The molecule has 156 valence electrons. The molecule has 0 radical (unpaired) electrons. The fourth-order valence-electron chi connectivity index (χ4n) is 4.07. The summed E-state index contributed by atoms with van der Waals surface area (Å²) in [6, 6.07) is 15.9. The van der Waals surface area contributed by atoms with Crippen LogP contribution in [0.4, 0.5) is 5.69 Å². The molecule has 2 heterocycles. The van der Waals surface area contributed by atoms with E-state index in [4.69, 9.17) is 9.47 Å². The van der Waals surface area contributed by atoms with Gasteiger partial charge in [0.2, 0.25) is 5.91 Å². The van der Waals surface area contributed by atoms with E-state index in [1.807, 2.05) is 35.2 Å². The summed E-state index contributed by atoms with van der Waals surface area (Å²) in [4.78, 5) is 40.6. The molecule has 0 spiro atoms. The van der Waals surface area contributed by atoms with E-state index in [0.29, 0.717) is 43.1 Å². The van der Waals surface area contributed by atoms with Crippen molar-refractivity contribution in [1.29, 1.82) is 0 Å². The highest BCUT2D eigenvalue weighted by Crippen LogP contribution is 2.30. The van der Waals surface area contributed by atoms with Crippen LogP contribution in [-0.2, 0) is 19.1 Å². The highest BCUT2D eigenvalue weighted by atomic mass is 16.5. The van der Waals surface area contributed by atoms with Gasteiger partial charge >= 0.3 is 5.97 Å². The maximum absolute atomic E-state index is 13.0. The maximum atomic E-state index is 13.0. The summed E-state index contributed by atoms with van der Waals surface area (Å²) in [5.41, 5.74) is 0.539. The number of nitrogens with zero attached hydrogens (tertiary/aromatic N) is 2. The van der Waals surface area contributed by atoms with E-state index in [9.17, 15) is 14.4 Å². The first-order chi connectivity index (χ1) is 14.6. The number of anilines is 1. The molecule has 2 aliphatic heterocycles. The highest BCUT2D eigenvalue weighted by molar-refractivity contribution is 6.22. The number of para-hydroxylation sites is 1. The maximum Gasteiger partial charge on any atom is 0.308 e.